The lowest BCUT2D eigenvalue weighted by Gasteiger charge is -2.33. The number of hydrogen-bond acceptors (Lipinski definition) is 5. The summed E-state index contributed by atoms with van der Waals surface area (Å²) in [6.07, 6.45) is -2.46. The molecular weight excluding hydrogens is 421 g/mol. The van der Waals surface area contributed by atoms with Crippen molar-refractivity contribution in [3.05, 3.63) is 47.9 Å². The largest absolute Gasteiger partial charge is 0.415 e. The number of hydrogen-bond donors (Lipinski definition) is 0. The number of nitrogens with zero attached hydrogens (tertiary/aromatic N) is 4. The molecule has 1 atom stereocenters. The number of morpholine rings is 1. The first-order chi connectivity index (χ1) is 15.1. The molecule has 3 heterocycles. The Bertz CT molecular complexity index is 1140. The summed E-state index contributed by atoms with van der Waals surface area (Å²) in [5.41, 5.74) is 3.52. The number of carbonyl (C=O) groups is 1. The zero-order valence-corrected chi connectivity index (χ0v) is 18.2. The quantitative estimate of drug-likeness (QED) is 0.534. The zero-order valence-electron chi connectivity index (χ0n) is 18.2. The third-order valence-electron chi connectivity index (χ3n) is 5.60. The minimum absolute atomic E-state index is 0.0362. The van der Waals surface area contributed by atoms with E-state index in [2.05, 4.69) is 10.1 Å². The number of alkyl halides is 3. The highest BCUT2D eigenvalue weighted by molar-refractivity contribution is 6.01. The first kappa shape index (κ1) is 22.4. The molecule has 0 bridgehead atoms. The minimum atomic E-state index is -4.38. The van der Waals surface area contributed by atoms with E-state index in [-0.39, 0.29) is 25.0 Å². The molecule has 1 saturated heterocycles. The Kier molecular flexibility index (Phi) is 6.05. The van der Waals surface area contributed by atoms with Crippen LogP contribution in [-0.4, -0.2) is 57.4 Å². The smallest absolute Gasteiger partial charge is 0.366 e. The summed E-state index contributed by atoms with van der Waals surface area (Å²) < 4.78 is 45.8. The molecule has 0 saturated carbocycles. The molecule has 0 amide bonds. The highest BCUT2D eigenvalue weighted by Crippen LogP contribution is 2.31. The Balaban J connectivity index is 1.68. The van der Waals surface area contributed by atoms with Gasteiger partial charge in [0.15, 0.2) is 11.9 Å². The van der Waals surface area contributed by atoms with Gasteiger partial charge < -0.3 is 4.74 Å². The number of carbonyl (C=O) groups excluding carboxylic acids is 1. The van der Waals surface area contributed by atoms with Gasteiger partial charge in [0.05, 0.1) is 18.3 Å². The average Bonchev–Trinajstić information content (AvgIpc) is 3.23. The number of Topliss-reactive ketones (excluding diaryl/α,β-unsaturated/α-hetero) is 1. The summed E-state index contributed by atoms with van der Waals surface area (Å²) in [5, 5.41) is 5.25. The summed E-state index contributed by atoms with van der Waals surface area (Å²) in [6, 6.07) is 7.61. The van der Waals surface area contributed by atoms with Crippen LogP contribution in [0.5, 0.6) is 0 Å². The van der Waals surface area contributed by atoms with Crippen molar-refractivity contribution < 1.29 is 22.7 Å². The van der Waals surface area contributed by atoms with Gasteiger partial charge in [0.2, 0.25) is 0 Å². The fourth-order valence-corrected chi connectivity index (χ4v) is 3.85. The van der Waals surface area contributed by atoms with E-state index in [9.17, 15) is 18.0 Å². The summed E-state index contributed by atoms with van der Waals surface area (Å²) in [4.78, 5) is 18.3. The van der Waals surface area contributed by atoms with Gasteiger partial charge in [-0.1, -0.05) is 12.1 Å². The summed E-state index contributed by atoms with van der Waals surface area (Å²) >= 11 is 0. The van der Waals surface area contributed by atoms with Crippen molar-refractivity contribution in [3.8, 4) is 11.1 Å². The molecule has 0 aliphatic carbocycles. The van der Waals surface area contributed by atoms with Crippen molar-refractivity contribution in [2.45, 2.75) is 45.6 Å². The van der Waals surface area contributed by atoms with Crippen LogP contribution >= 0.6 is 0 Å². The Morgan fingerprint density at radius 1 is 1.28 bits per heavy atom. The van der Waals surface area contributed by atoms with Crippen LogP contribution in [0, 0.1) is 0 Å². The molecule has 170 valence electrons. The topological polar surface area (TPSA) is 60.2 Å². The maximum atomic E-state index is 13.0. The van der Waals surface area contributed by atoms with Gasteiger partial charge in [-0.3, -0.25) is 14.4 Å². The number of fused-ring (bicyclic) bond motifs is 1. The zero-order chi connectivity index (χ0) is 23.0. The predicted octanol–water partition coefficient (Wildman–Crippen LogP) is 4.64. The van der Waals surface area contributed by atoms with E-state index in [0.717, 1.165) is 22.1 Å². The molecule has 0 spiro atoms. The Labute approximate surface area is 184 Å². The van der Waals surface area contributed by atoms with Crippen LogP contribution in [-0.2, 0) is 11.3 Å². The fraction of sp³-hybridized carbons (Fsp3) is 0.435. The molecular formula is C23H25F3N4O2. The molecule has 1 unspecified atom stereocenters. The number of ether oxygens (including phenoxy) is 1. The van der Waals surface area contributed by atoms with Crippen molar-refractivity contribution >= 4 is 16.7 Å². The fourth-order valence-electron chi connectivity index (χ4n) is 3.85. The van der Waals surface area contributed by atoms with Crippen molar-refractivity contribution in [1.82, 2.24) is 19.7 Å². The molecule has 0 radical (unpaired) electrons. The van der Waals surface area contributed by atoms with Crippen molar-refractivity contribution in [2.75, 3.05) is 19.7 Å². The van der Waals surface area contributed by atoms with Crippen molar-refractivity contribution in [1.29, 1.82) is 0 Å². The lowest BCUT2D eigenvalue weighted by atomic mass is 10.00. The number of halogens is 3. The first-order valence-electron chi connectivity index (χ1n) is 10.5. The lowest BCUT2D eigenvalue weighted by molar-refractivity contribution is -0.237. The SMILES string of the molecule is CC(=O)c1cc(-c2cnn(C(C)C)c2)c2ccc(CN3CCOC(C(F)(F)F)C3)cc2n1. The van der Waals surface area contributed by atoms with E-state index in [1.54, 1.807) is 17.2 Å². The molecule has 2 aromatic heterocycles. The van der Waals surface area contributed by atoms with Crippen molar-refractivity contribution in [3.63, 3.8) is 0 Å². The van der Waals surface area contributed by atoms with E-state index in [1.165, 1.54) is 6.92 Å². The van der Waals surface area contributed by atoms with E-state index >= 15 is 0 Å². The van der Waals surface area contributed by atoms with Gasteiger partial charge in [0.1, 0.15) is 5.69 Å². The summed E-state index contributed by atoms with van der Waals surface area (Å²) in [5.74, 6) is -0.156. The van der Waals surface area contributed by atoms with Gasteiger partial charge >= 0.3 is 6.18 Å². The standard InChI is InChI=1S/C23H25F3N4O2/c1-14(2)30-12-17(10-27-30)19-9-20(15(3)31)28-21-8-16(4-5-18(19)21)11-29-6-7-32-22(13-29)23(24,25)26/h4-5,8-10,12,14,22H,6-7,11,13H2,1-3H3. The molecule has 4 rings (SSSR count). The summed E-state index contributed by atoms with van der Waals surface area (Å²) in [6.45, 7) is 6.12. The third kappa shape index (κ3) is 4.68. The molecule has 1 aliphatic rings. The average molecular weight is 446 g/mol. The van der Waals surface area contributed by atoms with Crippen LogP contribution in [0.4, 0.5) is 13.2 Å². The minimum Gasteiger partial charge on any atom is -0.366 e. The third-order valence-corrected chi connectivity index (χ3v) is 5.60. The number of rotatable bonds is 5. The maximum absolute atomic E-state index is 13.0. The van der Waals surface area contributed by atoms with E-state index in [0.29, 0.717) is 24.3 Å². The highest BCUT2D eigenvalue weighted by Gasteiger charge is 2.43. The number of aromatic nitrogens is 3. The second kappa shape index (κ2) is 8.63. The Morgan fingerprint density at radius 3 is 2.72 bits per heavy atom. The van der Waals surface area contributed by atoms with Crippen LogP contribution in [0.15, 0.2) is 36.7 Å². The van der Waals surface area contributed by atoms with Crippen LogP contribution in [0.2, 0.25) is 0 Å². The lowest BCUT2D eigenvalue weighted by Crippen LogP contribution is -2.48. The van der Waals surface area contributed by atoms with Crippen LogP contribution < -0.4 is 0 Å². The summed E-state index contributed by atoms with van der Waals surface area (Å²) in [7, 11) is 0. The van der Waals surface area contributed by atoms with Gasteiger partial charge in [-0.05, 0) is 37.1 Å². The molecule has 3 aromatic rings. The van der Waals surface area contributed by atoms with E-state index in [4.69, 9.17) is 4.74 Å². The van der Waals surface area contributed by atoms with Crippen LogP contribution in [0.1, 0.15) is 42.9 Å². The van der Waals surface area contributed by atoms with Gasteiger partial charge in [0.25, 0.3) is 0 Å². The second-order valence-electron chi connectivity index (χ2n) is 8.40. The molecule has 1 aliphatic heterocycles. The Hall–Kier alpha value is -2.78. The van der Waals surface area contributed by atoms with E-state index in [1.807, 2.05) is 42.9 Å². The van der Waals surface area contributed by atoms with Gasteiger partial charge in [-0.25, -0.2) is 4.98 Å². The normalized spacial score (nSPS) is 17.9. The van der Waals surface area contributed by atoms with Gasteiger partial charge in [-0.15, -0.1) is 0 Å². The molecule has 32 heavy (non-hydrogen) atoms. The molecule has 6 nitrogen and oxygen atoms in total. The monoisotopic (exact) mass is 446 g/mol. The molecule has 1 fully saturated rings. The van der Waals surface area contributed by atoms with Crippen molar-refractivity contribution in [2.24, 2.45) is 0 Å². The van der Waals surface area contributed by atoms with Gasteiger partial charge in [0, 0.05) is 49.7 Å². The highest BCUT2D eigenvalue weighted by atomic mass is 19.4. The Morgan fingerprint density at radius 2 is 2.06 bits per heavy atom. The predicted molar refractivity (Wildman–Crippen MR) is 114 cm³/mol. The maximum Gasteiger partial charge on any atom is 0.415 e. The van der Waals surface area contributed by atoms with Crippen LogP contribution in [0.25, 0.3) is 22.0 Å². The molecule has 1 aromatic carbocycles. The van der Waals surface area contributed by atoms with Gasteiger partial charge in [-0.2, -0.15) is 18.3 Å². The molecule has 0 N–H and O–H groups in total. The van der Waals surface area contributed by atoms with E-state index < -0.39 is 12.3 Å². The van der Waals surface area contributed by atoms with Crippen LogP contribution in [0.3, 0.4) is 0 Å². The number of pyridine rings is 1. The number of ketones is 1. The molecule has 9 heteroatoms. The second-order valence-corrected chi connectivity index (χ2v) is 8.40. The first-order valence-corrected chi connectivity index (χ1v) is 10.5. The number of benzene rings is 1.